The smallest absolute Gasteiger partial charge is 0.407 e. The van der Waals surface area contributed by atoms with Crippen molar-refractivity contribution in [2.45, 2.75) is 133 Å². The molecule has 570 valence electrons. The monoisotopic (exact) mass is 1470 g/mol. The zero-order valence-corrected chi connectivity index (χ0v) is 58.5. The fourth-order valence-corrected chi connectivity index (χ4v) is 11.2. The summed E-state index contributed by atoms with van der Waals surface area (Å²) < 4.78 is 48.8. The normalized spacial score (nSPS) is 20.6. The minimum Gasteiger partial charge on any atom is -0.481 e. The van der Waals surface area contributed by atoms with E-state index in [4.69, 9.17) is 59.8 Å². The molecule has 10 amide bonds. The van der Waals surface area contributed by atoms with E-state index in [1.165, 1.54) is 0 Å². The van der Waals surface area contributed by atoms with Gasteiger partial charge >= 0.3 is 24.0 Å². The lowest BCUT2D eigenvalue weighted by atomic mass is 10.1. The number of guanidine groups is 1. The van der Waals surface area contributed by atoms with Gasteiger partial charge in [0.1, 0.15) is 47.9 Å². The van der Waals surface area contributed by atoms with Crippen LogP contribution in [0.4, 0.5) is 4.79 Å². The van der Waals surface area contributed by atoms with Gasteiger partial charge in [-0.15, -0.1) is 0 Å². The summed E-state index contributed by atoms with van der Waals surface area (Å²) in [5, 5.41) is 51.2. The van der Waals surface area contributed by atoms with Crippen LogP contribution in [0, 0.1) is 0 Å². The van der Waals surface area contributed by atoms with Gasteiger partial charge < -0.3 is 128 Å². The summed E-state index contributed by atoms with van der Waals surface area (Å²) in [7, 11) is 1.64. The number of hydrogen-bond donors (Lipinski definition) is 15. The Bertz CT molecular complexity index is 2590. The molecule has 7 atom stereocenters. The second-order valence-electron chi connectivity index (χ2n) is 23.1. The topological polar surface area (TPSA) is 568 Å². The van der Waals surface area contributed by atoms with Gasteiger partial charge in [0.05, 0.1) is 132 Å². The van der Waals surface area contributed by atoms with Gasteiger partial charge in [0.15, 0.2) is 5.96 Å². The zero-order chi connectivity index (χ0) is 74.1. The third-order valence-electron chi connectivity index (χ3n) is 13.7. The molecule has 2 saturated heterocycles. The molecular formula is C59H102N14O25S2. The van der Waals surface area contributed by atoms with Gasteiger partial charge in [-0.25, -0.2) is 9.59 Å². The van der Waals surface area contributed by atoms with E-state index in [2.05, 4.69) is 52.8 Å². The van der Waals surface area contributed by atoms with Crippen LogP contribution < -0.4 is 65.1 Å². The lowest BCUT2D eigenvalue weighted by Gasteiger charge is -2.27. The summed E-state index contributed by atoms with van der Waals surface area (Å²) in [5.41, 5.74) is 15.5. The van der Waals surface area contributed by atoms with Gasteiger partial charge in [-0.05, 0) is 65.7 Å². The minimum absolute atomic E-state index is 0.0109. The van der Waals surface area contributed by atoms with Crippen LogP contribution in [-0.2, 0) is 100 Å². The highest BCUT2D eigenvalue weighted by Crippen LogP contribution is 2.24. The number of rotatable bonds is 41. The molecule has 100 heavy (non-hydrogen) atoms. The molecule has 2 aliphatic heterocycles. The molecule has 0 aromatic rings. The summed E-state index contributed by atoms with van der Waals surface area (Å²) in [6.45, 7) is 8.61. The van der Waals surface area contributed by atoms with Crippen molar-refractivity contribution in [1.82, 2.24) is 52.8 Å². The lowest BCUT2D eigenvalue weighted by Crippen LogP contribution is -2.57. The summed E-state index contributed by atoms with van der Waals surface area (Å²) in [6.07, 6.45) is -2.93. The average molecular weight is 1470 g/mol. The van der Waals surface area contributed by atoms with Crippen LogP contribution in [-0.4, -0.2) is 308 Å². The lowest BCUT2D eigenvalue weighted by molar-refractivity contribution is -0.144. The predicted octanol–water partition coefficient (Wildman–Crippen LogP) is -5.22. The Balaban J connectivity index is 2.28. The number of hydrogen-bond acceptors (Lipinski definition) is 26. The number of carbonyl (C=O) groups is 13. The SMILES string of the molecule is CC(C)(C)OC(=O)NCCCC[C@@H]1NC(=O)[C@H](CC(=O)O)NC(=O)CNC(=O)[C@H](CCCN=C(N)N)NC(=O)[C@@H](NC(=O)CCOCCOCCOCCOCCOCCOCCOCCOCCN)CSSC[C@@H](C(=O)O)NC(=O)[C@H](CC(=O)O)NC(=O)[C@@H]2CCCN2C(=O)CNC1=O. The second-order valence-corrected chi connectivity index (χ2v) is 25.6. The number of aliphatic imine (C=N–C) groups is 1. The van der Waals surface area contributed by atoms with Gasteiger partial charge in [0.2, 0.25) is 53.2 Å². The van der Waals surface area contributed by atoms with Crippen LogP contribution in [0.15, 0.2) is 4.99 Å². The number of aliphatic carboxylic acids is 3. The quantitative estimate of drug-likeness (QED) is 0.0118. The third-order valence-corrected chi connectivity index (χ3v) is 16.1. The van der Waals surface area contributed by atoms with E-state index in [1.54, 1.807) is 20.8 Å². The average Bonchev–Trinajstić information content (AvgIpc) is 1.59. The maximum absolute atomic E-state index is 14.2. The molecule has 39 nitrogen and oxygen atoms in total. The van der Waals surface area contributed by atoms with Crippen LogP contribution in [0.5, 0.6) is 0 Å². The molecule has 0 aliphatic carbocycles. The van der Waals surface area contributed by atoms with Crippen LogP contribution in [0.3, 0.4) is 0 Å². The van der Waals surface area contributed by atoms with Gasteiger partial charge in [-0.1, -0.05) is 21.6 Å². The molecule has 18 N–H and O–H groups in total. The maximum atomic E-state index is 14.2. The number of carboxylic acids is 3. The molecule has 0 unspecified atom stereocenters. The summed E-state index contributed by atoms with van der Waals surface area (Å²) in [6, 6.07) is -11.4. The number of carboxylic acid groups (broad SMARTS) is 3. The number of amides is 10. The fraction of sp³-hybridized carbons (Fsp3) is 0.763. The molecule has 2 aliphatic rings. The van der Waals surface area contributed by atoms with Gasteiger partial charge in [0.25, 0.3) is 0 Å². The van der Waals surface area contributed by atoms with Crippen molar-refractivity contribution < 1.29 is 120 Å². The molecule has 2 heterocycles. The molecule has 0 aromatic carbocycles. The van der Waals surface area contributed by atoms with Crippen LogP contribution >= 0.6 is 21.6 Å². The molecule has 2 rings (SSSR count). The Kier molecular flexibility index (Phi) is 46.5. The third kappa shape index (κ3) is 42.6. The van der Waals surface area contributed by atoms with Crippen molar-refractivity contribution in [3.8, 4) is 0 Å². The Morgan fingerprint density at radius 1 is 0.570 bits per heavy atom. The van der Waals surface area contributed by atoms with Crippen LogP contribution in [0.25, 0.3) is 0 Å². The number of nitrogens with zero attached hydrogens (tertiary/aromatic N) is 2. The minimum atomic E-state index is -1.90. The Morgan fingerprint density at radius 2 is 1.04 bits per heavy atom. The number of unbranched alkanes of at least 4 members (excludes halogenated alkanes) is 1. The molecule has 0 spiro atoms. The molecule has 0 aromatic heterocycles. The molecule has 0 radical (unpaired) electrons. The molecule has 2 fully saturated rings. The number of nitrogens with two attached hydrogens (primary N) is 3. The predicted molar refractivity (Wildman–Crippen MR) is 358 cm³/mol. The van der Waals surface area contributed by atoms with Crippen molar-refractivity contribution >= 4 is 105 Å². The van der Waals surface area contributed by atoms with Crippen molar-refractivity contribution in [1.29, 1.82) is 0 Å². The zero-order valence-electron chi connectivity index (χ0n) is 56.8. The van der Waals surface area contributed by atoms with Crippen molar-refractivity contribution in [3.63, 3.8) is 0 Å². The van der Waals surface area contributed by atoms with E-state index in [0.717, 1.165) is 26.5 Å². The van der Waals surface area contributed by atoms with E-state index >= 15 is 0 Å². The molecule has 0 saturated carbocycles. The van der Waals surface area contributed by atoms with Crippen molar-refractivity contribution in [2.75, 3.05) is 156 Å². The first-order valence-corrected chi connectivity index (χ1v) is 35.1. The van der Waals surface area contributed by atoms with Crippen molar-refractivity contribution in [2.24, 2.45) is 22.2 Å². The summed E-state index contributed by atoms with van der Waals surface area (Å²) >= 11 is 0. The fourth-order valence-electron chi connectivity index (χ4n) is 8.88. The molecular weight excluding hydrogens is 1370 g/mol. The van der Waals surface area contributed by atoms with Crippen molar-refractivity contribution in [3.05, 3.63) is 0 Å². The maximum Gasteiger partial charge on any atom is 0.407 e. The highest BCUT2D eigenvalue weighted by atomic mass is 33.1. The Morgan fingerprint density at radius 3 is 1.55 bits per heavy atom. The number of alkyl carbamates (subject to hydrolysis) is 1. The van der Waals surface area contributed by atoms with E-state index < -0.39 is 157 Å². The summed E-state index contributed by atoms with van der Waals surface area (Å²) in [4.78, 5) is 178. The Hall–Kier alpha value is -7.48. The highest BCUT2D eigenvalue weighted by Gasteiger charge is 2.38. The molecule has 41 heteroatoms. The van der Waals surface area contributed by atoms with Gasteiger partial charge in [-0.2, -0.15) is 0 Å². The van der Waals surface area contributed by atoms with E-state index in [-0.39, 0.29) is 116 Å². The number of fused-ring (bicyclic) bond motifs is 1. The Labute approximate surface area is 587 Å². The van der Waals surface area contributed by atoms with Gasteiger partial charge in [-0.3, -0.25) is 57.7 Å². The van der Waals surface area contributed by atoms with E-state index in [1.807, 2.05) is 0 Å². The van der Waals surface area contributed by atoms with Crippen LogP contribution in [0.1, 0.15) is 85.0 Å². The summed E-state index contributed by atoms with van der Waals surface area (Å²) in [5.74, 6) is -14.9. The standard InChI is InChI=1S/C59H102N14O25S2/c1-59(2,3)98-58(89)64-13-5-4-8-38-51(82)66-35-47(76)73-15-7-10-44(73)55(86)71-41(33-49(79)80)53(84)72-43(56(87)88)37-100-99-36-42(54(85)70-39(9-6-14-63-57(61)62)50(81)65-34-46(75)67-40(32-48(77)78)52(83)69-38)68-45(74)11-16-90-18-20-92-22-24-94-26-28-96-30-31-97-29-27-95-25-23-93-21-19-91-17-12-60/h38-44H,4-37,60H2,1-3H3,(H,64,89)(H,65,81)(H,66,82)(H,67,75)(H,68,74)(H,69,83)(H,70,85)(H,71,86)(H,72,84)(H,77,78)(H,79,80)(H,87,88)(H4,61,62,63)/t38-,39-,40-,41-,42-,43-,44-/m0/s1. The molecule has 0 bridgehead atoms. The van der Waals surface area contributed by atoms with E-state index in [0.29, 0.717) is 79.2 Å². The first-order chi connectivity index (χ1) is 47.7. The number of carbonyl (C=O) groups excluding carboxylic acids is 10. The van der Waals surface area contributed by atoms with Crippen LogP contribution in [0.2, 0.25) is 0 Å². The number of nitrogens with one attached hydrogen (secondary N) is 9. The van der Waals surface area contributed by atoms with E-state index in [9.17, 15) is 77.6 Å². The second kappa shape index (κ2) is 52.5. The number of ether oxygens (including phenoxy) is 9. The first kappa shape index (κ1) is 88.6. The first-order valence-electron chi connectivity index (χ1n) is 32.6. The largest absolute Gasteiger partial charge is 0.481 e. The van der Waals surface area contributed by atoms with Gasteiger partial charge in [0, 0.05) is 44.1 Å². The highest BCUT2D eigenvalue weighted by molar-refractivity contribution is 8.76.